The van der Waals surface area contributed by atoms with Crippen LogP contribution in [0.15, 0.2) is 65.8 Å². The zero-order chi connectivity index (χ0) is 25.5. The topological polar surface area (TPSA) is 87.7 Å². The zero-order valence-electron chi connectivity index (χ0n) is 20.2. The lowest BCUT2D eigenvalue weighted by Gasteiger charge is -2.40. The average Bonchev–Trinajstić information content (AvgIpc) is 2.90. The summed E-state index contributed by atoms with van der Waals surface area (Å²) in [7, 11) is 1.60. The van der Waals surface area contributed by atoms with E-state index in [9.17, 15) is 9.59 Å². The number of benzene rings is 2. The summed E-state index contributed by atoms with van der Waals surface area (Å²) in [5, 5.41) is 3.66. The van der Waals surface area contributed by atoms with E-state index in [1.807, 2.05) is 42.2 Å². The van der Waals surface area contributed by atoms with E-state index < -0.39 is 0 Å². The van der Waals surface area contributed by atoms with Gasteiger partial charge in [0.25, 0.3) is 5.91 Å². The molecule has 1 N–H and O–H groups in total. The van der Waals surface area contributed by atoms with Crippen LogP contribution >= 0.6 is 23.4 Å². The maximum Gasteiger partial charge on any atom is 0.254 e. The van der Waals surface area contributed by atoms with Crippen LogP contribution in [0.1, 0.15) is 22.8 Å². The molecule has 1 aliphatic heterocycles. The van der Waals surface area contributed by atoms with Crippen molar-refractivity contribution in [2.45, 2.75) is 24.7 Å². The molecule has 2 heterocycles. The Kier molecular flexibility index (Phi) is 8.66. The van der Waals surface area contributed by atoms with Gasteiger partial charge < -0.3 is 19.9 Å². The Labute approximate surface area is 220 Å². The van der Waals surface area contributed by atoms with Crippen LogP contribution in [0.2, 0.25) is 5.15 Å². The Bertz CT molecular complexity index is 1200. The van der Waals surface area contributed by atoms with Crippen LogP contribution in [0.25, 0.3) is 0 Å². The molecule has 1 fully saturated rings. The highest BCUT2D eigenvalue weighted by molar-refractivity contribution is 7.99. The molecule has 1 unspecified atom stereocenters. The molecule has 2 aromatic carbocycles. The molecule has 0 saturated carbocycles. The van der Waals surface area contributed by atoms with Gasteiger partial charge in [-0.2, -0.15) is 0 Å². The fraction of sp³-hybridized carbons (Fsp3) is 0.308. The first-order valence-electron chi connectivity index (χ1n) is 11.6. The summed E-state index contributed by atoms with van der Waals surface area (Å²) in [6.07, 6.45) is 0. The number of thioether (sulfide) groups is 1. The van der Waals surface area contributed by atoms with Crippen LogP contribution in [-0.4, -0.2) is 65.2 Å². The van der Waals surface area contributed by atoms with Gasteiger partial charge in [-0.05, 0) is 36.8 Å². The predicted octanol–water partition coefficient (Wildman–Crippen LogP) is 3.90. The second-order valence-electron chi connectivity index (χ2n) is 8.40. The van der Waals surface area contributed by atoms with E-state index in [2.05, 4.69) is 20.2 Å². The van der Waals surface area contributed by atoms with Crippen LogP contribution in [-0.2, 0) is 11.3 Å². The predicted molar refractivity (Wildman–Crippen MR) is 142 cm³/mol. The normalized spacial score (nSPS) is 15.5. The van der Waals surface area contributed by atoms with Gasteiger partial charge in [-0.1, -0.05) is 53.7 Å². The first-order chi connectivity index (χ1) is 17.4. The van der Waals surface area contributed by atoms with E-state index in [0.29, 0.717) is 53.6 Å². The van der Waals surface area contributed by atoms with Crippen LogP contribution in [0.5, 0.6) is 5.75 Å². The standard InChI is InChI=1S/C26H28ClN5O3S/c1-18-16-31(12-13-32(18)25(34)20-8-10-21(35-2)11-9-20)23-14-22(27)29-26(30-23)36-17-24(33)28-15-19-6-4-3-5-7-19/h3-11,14,18H,12-13,15-17H2,1-2H3,(H,28,33). The number of carbonyl (C=O) groups excluding carboxylic acids is 2. The molecule has 1 aromatic heterocycles. The number of piperazine rings is 1. The first-order valence-corrected chi connectivity index (χ1v) is 13.0. The molecule has 3 aromatic rings. The number of methoxy groups -OCH3 is 1. The van der Waals surface area contributed by atoms with Gasteiger partial charge in [-0.15, -0.1) is 0 Å². The Morgan fingerprint density at radius 1 is 1.11 bits per heavy atom. The van der Waals surface area contributed by atoms with E-state index in [0.717, 1.165) is 5.56 Å². The second-order valence-corrected chi connectivity index (χ2v) is 9.73. The van der Waals surface area contributed by atoms with Crippen molar-refractivity contribution in [1.29, 1.82) is 0 Å². The number of carbonyl (C=O) groups is 2. The summed E-state index contributed by atoms with van der Waals surface area (Å²) in [5.41, 5.74) is 1.67. The monoisotopic (exact) mass is 525 g/mol. The van der Waals surface area contributed by atoms with Crippen molar-refractivity contribution in [2.75, 3.05) is 37.4 Å². The van der Waals surface area contributed by atoms with Crippen LogP contribution in [0, 0.1) is 0 Å². The van der Waals surface area contributed by atoms with Crippen molar-refractivity contribution in [3.63, 3.8) is 0 Å². The van der Waals surface area contributed by atoms with Gasteiger partial charge in [0, 0.05) is 43.9 Å². The van der Waals surface area contributed by atoms with Crippen molar-refractivity contribution >= 4 is 41.0 Å². The maximum absolute atomic E-state index is 13.0. The minimum atomic E-state index is -0.103. The number of hydrogen-bond donors (Lipinski definition) is 1. The third-order valence-corrected chi connectivity index (χ3v) is 6.92. The molecule has 1 aliphatic rings. The molecule has 36 heavy (non-hydrogen) atoms. The largest absolute Gasteiger partial charge is 0.497 e. The van der Waals surface area contributed by atoms with Gasteiger partial charge in [0.15, 0.2) is 5.16 Å². The fourth-order valence-corrected chi connectivity index (χ4v) is 4.87. The molecule has 1 atom stereocenters. The second kappa shape index (κ2) is 12.1. The third-order valence-electron chi connectivity index (χ3n) is 5.88. The minimum Gasteiger partial charge on any atom is -0.497 e. The van der Waals surface area contributed by atoms with Crippen molar-refractivity contribution in [3.05, 3.63) is 76.9 Å². The van der Waals surface area contributed by atoms with Gasteiger partial charge in [0.05, 0.1) is 12.9 Å². The highest BCUT2D eigenvalue weighted by Gasteiger charge is 2.29. The molecule has 2 amide bonds. The lowest BCUT2D eigenvalue weighted by molar-refractivity contribution is -0.118. The summed E-state index contributed by atoms with van der Waals surface area (Å²) < 4.78 is 5.18. The molecule has 0 aliphatic carbocycles. The number of rotatable bonds is 8. The van der Waals surface area contributed by atoms with Gasteiger partial charge in [-0.25, -0.2) is 9.97 Å². The minimum absolute atomic E-state index is 0.0108. The van der Waals surface area contributed by atoms with E-state index in [-0.39, 0.29) is 23.6 Å². The SMILES string of the molecule is COc1ccc(C(=O)N2CCN(c3cc(Cl)nc(SCC(=O)NCc4ccccc4)n3)CC2C)cc1. The number of amides is 2. The Balaban J connectivity index is 1.33. The van der Waals surface area contributed by atoms with Crippen LogP contribution < -0.4 is 15.0 Å². The lowest BCUT2D eigenvalue weighted by Crippen LogP contribution is -2.54. The maximum atomic E-state index is 13.0. The third kappa shape index (κ3) is 6.67. The van der Waals surface area contributed by atoms with E-state index in [1.165, 1.54) is 11.8 Å². The van der Waals surface area contributed by atoms with Crippen molar-refractivity contribution in [2.24, 2.45) is 0 Å². The average molecular weight is 526 g/mol. The smallest absolute Gasteiger partial charge is 0.254 e. The van der Waals surface area contributed by atoms with E-state index in [1.54, 1.807) is 37.4 Å². The van der Waals surface area contributed by atoms with Gasteiger partial charge >= 0.3 is 0 Å². The summed E-state index contributed by atoms with van der Waals surface area (Å²) in [4.78, 5) is 38.2. The Morgan fingerprint density at radius 3 is 2.56 bits per heavy atom. The molecule has 4 rings (SSSR count). The van der Waals surface area contributed by atoms with Crippen LogP contribution in [0.3, 0.4) is 0 Å². The molecule has 0 radical (unpaired) electrons. The van der Waals surface area contributed by atoms with Crippen molar-refractivity contribution < 1.29 is 14.3 Å². The number of anilines is 1. The molecule has 1 saturated heterocycles. The molecule has 10 heteroatoms. The lowest BCUT2D eigenvalue weighted by atomic mass is 10.1. The number of nitrogens with one attached hydrogen (secondary N) is 1. The van der Waals surface area contributed by atoms with Crippen molar-refractivity contribution in [3.8, 4) is 5.75 Å². The zero-order valence-corrected chi connectivity index (χ0v) is 21.8. The van der Waals surface area contributed by atoms with Crippen LogP contribution in [0.4, 0.5) is 5.82 Å². The van der Waals surface area contributed by atoms with Crippen molar-refractivity contribution in [1.82, 2.24) is 20.2 Å². The van der Waals surface area contributed by atoms with Gasteiger partial charge in [0.2, 0.25) is 5.91 Å². The Morgan fingerprint density at radius 2 is 1.86 bits per heavy atom. The highest BCUT2D eigenvalue weighted by atomic mass is 35.5. The Hall–Kier alpha value is -3.30. The molecule has 0 bridgehead atoms. The molecule has 0 spiro atoms. The number of hydrogen-bond acceptors (Lipinski definition) is 7. The molecular weight excluding hydrogens is 498 g/mol. The highest BCUT2D eigenvalue weighted by Crippen LogP contribution is 2.25. The number of halogens is 1. The van der Waals surface area contributed by atoms with Gasteiger partial charge in [0.1, 0.15) is 16.7 Å². The number of ether oxygens (including phenoxy) is 1. The summed E-state index contributed by atoms with van der Waals surface area (Å²) in [6.45, 7) is 4.26. The van der Waals surface area contributed by atoms with E-state index >= 15 is 0 Å². The molecular formula is C26H28ClN5O3S. The van der Waals surface area contributed by atoms with Gasteiger partial charge in [-0.3, -0.25) is 9.59 Å². The summed E-state index contributed by atoms with van der Waals surface area (Å²) in [6, 6.07) is 18.6. The molecule has 8 nitrogen and oxygen atoms in total. The molecule has 188 valence electrons. The number of aromatic nitrogens is 2. The summed E-state index contributed by atoms with van der Waals surface area (Å²) >= 11 is 7.52. The van der Waals surface area contributed by atoms with E-state index in [4.69, 9.17) is 16.3 Å². The fourth-order valence-electron chi connectivity index (χ4n) is 3.96. The number of nitrogens with zero attached hydrogens (tertiary/aromatic N) is 4. The quantitative estimate of drug-likeness (QED) is 0.271. The summed E-state index contributed by atoms with van der Waals surface area (Å²) in [5.74, 6) is 1.47. The first kappa shape index (κ1) is 25.8.